The highest BCUT2D eigenvalue weighted by Gasteiger charge is 2.32. The van der Waals surface area contributed by atoms with Crippen LogP contribution in [0.25, 0.3) is 0 Å². The molecule has 9 nitrogen and oxygen atoms in total. The van der Waals surface area contributed by atoms with Crippen molar-refractivity contribution < 1.29 is 19.4 Å². The third kappa shape index (κ3) is 7.62. The Morgan fingerprint density at radius 3 is 2.27 bits per heavy atom. The zero-order chi connectivity index (χ0) is 31.1. The molecule has 226 valence electrons. The second-order valence-corrected chi connectivity index (χ2v) is 11.0. The smallest absolute Gasteiger partial charge is 0.268 e. The van der Waals surface area contributed by atoms with Gasteiger partial charge in [-0.3, -0.25) is 9.59 Å². The van der Waals surface area contributed by atoms with Crippen molar-refractivity contribution >= 4 is 34.6 Å². The molecular weight excluding hydrogens is 554 g/mol. The number of hydrogen-bond donors (Lipinski definition) is 2. The van der Waals surface area contributed by atoms with Crippen molar-refractivity contribution in [2.75, 3.05) is 42.5 Å². The van der Waals surface area contributed by atoms with Gasteiger partial charge in [0.15, 0.2) is 0 Å². The summed E-state index contributed by atoms with van der Waals surface area (Å²) in [5.41, 5.74) is 3.54. The van der Waals surface area contributed by atoms with Gasteiger partial charge in [-0.25, -0.2) is 0 Å². The molecular formula is C35H37N5O4. The van der Waals surface area contributed by atoms with Gasteiger partial charge in [-0.15, -0.1) is 0 Å². The minimum absolute atomic E-state index is 0.0849. The maximum absolute atomic E-state index is 13.5. The number of nitrogens with zero attached hydrogens (tertiary/aromatic N) is 4. The highest BCUT2D eigenvalue weighted by atomic mass is 16.5. The van der Waals surface area contributed by atoms with Gasteiger partial charge in [-0.05, 0) is 54.4 Å². The number of hydrogen-bond acceptors (Lipinski definition) is 7. The van der Waals surface area contributed by atoms with Crippen molar-refractivity contribution in [3.05, 3.63) is 115 Å². The van der Waals surface area contributed by atoms with E-state index in [1.54, 1.807) is 24.3 Å². The van der Waals surface area contributed by atoms with Crippen LogP contribution < -0.4 is 24.9 Å². The number of anilines is 3. The SMILES string of the molecule is CN(C)c1cccc(N(C)C[C@@H](O)[C@H](Cc2ccccc2)NC(=O)C2=NN(c3cccc(Oc4ccccc4)c3)C(=O)C2)c1. The quantitative estimate of drug-likeness (QED) is 0.244. The lowest BCUT2D eigenvalue weighted by Crippen LogP contribution is -2.50. The van der Waals surface area contributed by atoms with Gasteiger partial charge in [-0.1, -0.05) is 60.7 Å². The molecule has 1 heterocycles. The first-order valence-corrected chi connectivity index (χ1v) is 14.5. The summed E-state index contributed by atoms with van der Waals surface area (Å²) in [5.74, 6) is 0.392. The summed E-state index contributed by atoms with van der Waals surface area (Å²) < 4.78 is 5.91. The maximum atomic E-state index is 13.5. The maximum Gasteiger partial charge on any atom is 0.268 e. The van der Waals surface area contributed by atoms with Gasteiger partial charge in [-0.2, -0.15) is 10.1 Å². The Morgan fingerprint density at radius 1 is 0.886 bits per heavy atom. The molecule has 0 aromatic heterocycles. The van der Waals surface area contributed by atoms with Gasteiger partial charge in [0.2, 0.25) is 0 Å². The van der Waals surface area contributed by atoms with Crippen molar-refractivity contribution in [2.45, 2.75) is 25.0 Å². The Bertz CT molecular complexity index is 1610. The van der Waals surface area contributed by atoms with Gasteiger partial charge < -0.3 is 25.0 Å². The molecule has 5 rings (SSSR count). The first-order valence-electron chi connectivity index (χ1n) is 14.5. The average Bonchev–Trinajstić information content (AvgIpc) is 3.43. The summed E-state index contributed by atoms with van der Waals surface area (Å²) in [6, 6.07) is 33.4. The number of ether oxygens (including phenoxy) is 1. The largest absolute Gasteiger partial charge is 0.457 e. The first kappa shape index (κ1) is 30.3. The van der Waals surface area contributed by atoms with Crippen LogP contribution in [0.3, 0.4) is 0 Å². The van der Waals surface area contributed by atoms with E-state index >= 15 is 0 Å². The third-order valence-corrected chi connectivity index (χ3v) is 7.41. The van der Waals surface area contributed by atoms with E-state index in [1.165, 1.54) is 5.01 Å². The standard InChI is InChI=1S/C35H37N5O4/c1-38(2)26-14-10-15-27(21-26)39(3)24-33(41)31(20-25-12-6-4-7-13-25)36-35(43)32-23-34(42)40(37-32)28-16-11-19-30(22-28)44-29-17-8-5-9-18-29/h4-19,21-22,31,33,41H,20,23-24H2,1-3H3,(H,36,43)/t31-,33+/m0/s1. The van der Waals surface area contributed by atoms with E-state index in [2.05, 4.69) is 10.4 Å². The van der Waals surface area contributed by atoms with E-state index < -0.39 is 18.1 Å². The van der Waals surface area contributed by atoms with Crippen molar-refractivity contribution in [2.24, 2.45) is 5.10 Å². The van der Waals surface area contributed by atoms with Crippen molar-refractivity contribution in [3.63, 3.8) is 0 Å². The number of carbonyl (C=O) groups excluding carboxylic acids is 2. The van der Waals surface area contributed by atoms with E-state index in [1.807, 2.05) is 116 Å². The molecule has 2 N–H and O–H groups in total. The summed E-state index contributed by atoms with van der Waals surface area (Å²) in [5, 5.41) is 20.0. The Balaban J connectivity index is 1.31. The van der Waals surface area contributed by atoms with Gasteiger partial charge in [0.05, 0.1) is 24.3 Å². The van der Waals surface area contributed by atoms with E-state index in [4.69, 9.17) is 4.74 Å². The van der Waals surface area contributed by atoms with Crippen LogP contribution in [0.4, 0.5) is 17.1 Å². The second-order valence-electron chi connectivity index (χ2n) is 11.0. The molecule has 9 heteroatoms. The summed E-state index contributed by atoms with van der Waals surface area (Å²) >= 11 is 0. The monoisotopic (exact) mass is 591 g/mol. The van der Waals surface area contributed by atoms with Crippen LogP contribution in [0, 0.1) is 0 Å². The fraction of sp³-hybridized carbons (Fsp3) is 0.229. The number of likely N-dealkylation sites (N-methyl/N-ethyl adjacent to an activating group) is 1. The molecule has 0 unspecified atom stereocenters. The molecule has 0 fully saturated rings. The number of carbonyl (C=O) groups is 2. The fourth-order valence-electron chi connectivity index (χ4n) is 4.99. The van der Waals surface area contributed by atoms with Crippen molar-refractivity contribution in [3.8, 4) is 11.5 Å². The molecule has 4 aromatic rings. The highest BCUT2D eigenvalue weighted by molar-refractivity contribution is 6.44. The van der Waals surface area contributed by atoms with E-state index in [0.29, 0.717) is 23.6 Å². The molecule has 1 aliphatic heterocycles. The van der Waals surface area contributed by atoms with Crippen molar-refractivity contribution in [1.82, 2.24) is 5.32 Å². The summed E-state index contributed by atoms with van der Waals surface area (Å²) in [6.07, 6.45) is -0.655. The highest BCUT2D eigenvalue weighted by Crippen LogP contribution is 2.28. The number of aliphatic hydroxyl groups is 1. The fourth-order valence-corrected chi connectivity index (χ4v) is 4.99. The van der Waals surface area contributed by atoms with Gasteiger partial charge >= 0.3 is 0 Å². The lowest BCUT2D eigenvalue weighted by molar-refractivity contribution is -0.118. The predicted octanol–water partition coefficient (Wildman–Crippen LogP) is 4.86. The molecule has 0 bridgehead atoms. The molecule has 1 aliphatic rings. The number of nitrogens with one attached hydrogen (secondary N) is 1. The number of para-hydroxylation sites is 1. The van der Waals surface area contributed by atoms with E-state index in [-0.39, 0.29) is 24.6 Å². The number of amides is 2. The number of hydrazone groups is 1. The molecule has 2 amide bonds. The normalized spacial score (nSPS) is 14.0. The topological polar surface area (TPSA) is 97.7 Å². The van der Waals surface area contributed by atoms with Gasteiger partial charge in [0.1, 0.15) is 17.2 Å². The van der Waals surface area contributed by atoms with Crippen LogP contribution in [0.5, 0.6) is 11.5 Å². The number of aliphatic hydroxyl groups excluding tert-OH is 1. The van der Waals surface area contributed by atoms with Crippen LogP contribution in [0.2, 0.25) is 0 Å². The third-order valence-electron chi connectivity index (χ3n) is 7.41. The minimum atomic E-state index is -0.909. The molecule has 2 atom stereocenters. The minimum Gasteiger partial charge on any atom is -0.457 e. The Kier molecular flexibility index (Phi) is 9.56. The molecule has 0 saturated carbocycles. The van der Waals surface area contributed by atoms with Crippen LogP contribution >= 0.6 is 0 Å². The van der Waals surface area contributed by atoms with E-state index in [9.17, 15) is 14.7 Å². The summed E-state index contributed by atoms with van der Waals surface area (Å²) in [7, 11) is 5.87. The predicted molar refractivity (Wildman–Crippen MR) is 175 cm³/mol. The zero-order valence-electron chi connectivity index (χ0n) is 25.1. The number of rotatable bonds is 12. The Morgan fingerprint density at radius 2 is 1.55 bits per heavy atom. The zero-order valence-corrected chi connectivity index (χ0v) is 25.1. The van der Waals surface area contributed by atoms with Crippen LogP contribution in [-0.2, 0) is 16.0 Å². The van der Waals surface area contributed by atoms with Gasteiger partial charge in [0.25, 0.3) is 11.8 Å². The lowest BCUT2D eigenvalue weighted by Gasteiger charge is -2.29. The molecule has 44 heavy (non-hydrogen) atoms. The van der Waals surface area contributed by atoms with Crippen LogP contribution in [0.1, 0.15) is 12.0 Å². The first-order chi connectivity index (χ1) is 21.3. The summed E-state index contributed by atoms with van der Waals surface area (Å²) in [4.78, 5) is 30.4. The molecule has 0 radical (unpaired) electrons. The lowest BCUT2D eigenvalue weighted by atomic mass is 10.00. The molecule has 0 spiro atoms. The van der Waals surface area contributed by atoms with Crippen molar-refractivity contribution in [1.29, 1.82) is 0 Å². The van der Waals surface area contributed by atoms with Crippen LogP contribution in [0.15, 0.2) is 114 Å². The summed E-state index contributed by atoms with van der Waals surface area (Å²) in [6.45, 7) is 0.278. The van der Waals surface area contributed by atoms with E-state index in [0.717, 1.165) is 16.9 Å². The Labute approximate surface area is 258 Å². The molecule has 0 aliphatic carbocycles. The average molecular weight is 592 g/mol. The number of benzene rings is 4. The second kappa shape index (κ2) is 13.9. The van der Waals surface area contributed by atoms with Crippen LogP contribution in [-0.4, -0.2) is 62.5 Å². The molecule has 0 saturated heterocycles. The van der Waals surface area contributed by atoms with Gasteiger partial charge in [0, 0.05) is 45.1 Å². The Hall–Kier alpha value is -5.15. The molecule has 4 aromatic carbocycles.